The molecule has 0 aromatic heterocycles. The van der Waals surface area contributed by atoms with Gasteiger partial charge in [0.1, 0.15) is 5.75 Å². The number of hydrogen-bond donors (Lipinski definition) is 0. The highest BCUT2D eigenvalue weighted by atomic mass is 31.1. The number of rotatable bonds is 6. The van der Waals surface area contributed by atoms with Crippen LogP contribution in [0.1, 0.15) is 40.9 Å². The zero-order valence-electron chi connectivity index (χ0n) is 14.6. The van der Waals surface area contributed by atoms with Gasteiger partial charge in [0.2, 0.25) is 0 Å². The van der Waals surface area contributed by atoms with Crippen LogP contribution in [0.25, 0.3) is 0 Å². The molecule has 1 unspecified atom stereocenters. The predicted octanol–water partition coefficient (Wildman–Crippen LogP) is 4.79. The Balaban J connectivity index is 2.15. The van der Waals surface area contributed by atoms with Crippen LogP contribution in [0.2, 0.25) is 0 Å². The standard InChI is InChI=1S/C20H25O2P/c1-13(2)12-22-17-9-10-18(16(5)11-17)23-20(21)19-14(3)7-6-8-15(19)4/h6-11,13,23H,12H2,1-5H3. The van der Waals surface area contributed by atoms with Crippen molar-refractivity contribution in [2.45, 2.75) is 34.6 Å². The van der Waals surface area contributed by atoms with Crippen molar-refractivity contribution in [1.29, 1.82) is 0 Å². The van der Waals surface area contributed by atoms with Crippen molar-refractivity contribution in [3.05, 3.63) is 58.7 Å². The van der Waals surface area contributed by atoms with Crippen LogP contribution in [0.3, 0.4) is 0 Å². The molecule has 2 nitrogen and oxygen atoms in total. The zero-order valence-corrected chi connectivity index (χ0v) is 15.6. The highest BCUT2D eigenvalue weighted by molar-refractivity contribution is 7.66. The number of hydrogen-bond acceptors (Lipinski definition) is 2. The van der Waals surface area contributed by atoms with E-state index in [1.807, 2.05) is 57.2 Å². The summed E-state index contributed by atoms with van der Waals surface area (Å²) < 4.78 is 5.75. The summed E-state index contributed by atoms with van der Waals surface area (Å²) >= 11 is 0. The molecule has 0 saturated heterocycles. The van der Waals surface area contributed by atoms with Crippen molar-refractivity contribution in [1.82, 2.24) is 0 Å². The minimum atomic E-state index is 0.147. The van der Waals surface area contributed by atoms with Gasteiger partial charge in [-0.05, 0) is 69.4 Å². The van der Waals surface area contributed by atoms with Crippen LogP contribution >= 0.6 is 8.58 Å². The van der Waals surface area contributed by atoms with E-state index in [9.17, 15) is 4.79 Å². The van der Waals surface area contributed by atoms with E-state index in [0.717, 1.165) is 33.3 Å². The first-order valence-electron chi connectivity index (χ1n) is 7.99. The van der Waals surface area contributed by atoms with Gasteiger partial charge in [0.25, 0.3) is 0 Å². The number of ether oxygens (including phenoxy) is 1. The second-order valence-electron chi connectivity index (χ2n) is 6.40. The lowest BCUT2D eigenvalue weighted by Crippen LogP contribution is -2.09. The third-order valence-corrected chi connectivity index (χ3v) is 5.04. The van der Waals surface area contributed by atoms with E-state index in [4.69, 9.17) is 4.74 Å². The highest BCUT2D eigenvalue weighted by Crippen LogP contribution is 2.26. The van der Waals surface area contributed by atoms with Crippen molar-refractivity contribution >= 4 is 19.4 Å². The fraction of sp³-hybridized carbons (Fsp3) is 0.350. The summed E-state index contributed by atoms with van der Waals surface area (Å²) in [6, 6.07) is 12.0. The van der Waals surface area contributed by atoms with Gasteiger partial charge in [-0.15, -0.1) is 0 Å². The lowest BCUT2D eigenvalue weighted by atomic mass is 10.0. The molecule has 0 aliphatic carbocycles. The van der Waals surface area contributed by atoms with Crippen molar-refractivity contribution in [2.75, 3.05) is 6.61 Å². The van der Waals surface area contributed by atoms with Gasteiger partial charge in [-0.25, -0.2) is 0 Å². The molecule has 2 aromatic rings. The predicted molar refractivity (Wildman–Crippen MR) is 99.7 cm³/mol. The van der Waals surface area contributed by atoms with Crippen molar-refractivity contribution in [2.24, 2.45) is 5.92 Å². The van der Waals surface area contributed by atoms with E-state index in [-0.39, 0.29) is 14.1 Å². The molecule has 0 radical (unpaired) electrons. The molecular formula is C20H25O2P. The van der Waals surface area contributed by atoms with Crippen molar-refractivity contribution in [3.8, 4) is 5.75 Å². The Hall–Kier alpha value is -1.66. The Morgan fingerprint density at radius 3 is 2.26 bits per heavy atom. The summed E-state index contributed by atoms with van der Waals surface area (Å²) in [5.41, 5.74) is 4.29. The first kappa shape index (κ1) is 17.7. The molecular weight excluding hydrogens is 303 g/mol. The van der Waals surface area contributed by atoms with Gasteiger partial charge < -0.3 is 4.74 Å². The monoisotopic (exact) mass is 328 g/mol. The first-order valence-corrected chi connectivity index (χ1v) is 8.99. The van der Waals surface area contributed by atoms with E-state index in [1.54, 1.807) is 0 Å². The summed E-state index contributed by atoms with van der Waals surface area (Å²) in [5.74, 6) is 1.38. The fourth-order valence-corrected chi connectivity index (χ4v) is 3.69. The highest BCUT2D eigenvalue weighted by Gasteiger charge is 2.14. The van der Waals surface area contributed by atoms with Gasteiger partial charge >= 0.3 is 0 Å². The lowest BCUT2D eigenvalue weighted by molar-refractivity contribution is 0.108. The molecule has 0 bridgehead atoms. The SMILES string of the molecule is Cc1cc(OCC(C)C)ccc1PC(=O)c1c(C)cccc1C. The van der Waals surface area contributed by atoms with Gasteiger partial charge in [0, 0.05) is 5.56 Å². The van der Waals surface area contributed by atoms with Crippen LogP contribution in [0.5, 0.6) is 5.75 Å². The van der Waals surface area contributed by atoms with Crippen LogP contribution in [0.4, 0.5) is 0 Å². The summed E-state index contributed by atoms with van der Waals surface area (Å²) in [6.45, 7) is 11.0. The largest absolute Gasteiger partial charge is 0.493 e. The average molecular weight is 328 g/mol. The second kappa shape index (κ2) is 7.75. The van der Waals surface area contributed by atoms with Crippen LogP contribution in [-0.2, 0) is 0 Å². The molecule has 23 heavy (non-hydrogen) atoms. The van der Waals surface area contributed by atoms with E-state index in [0.29, 0.717) is 12.5 Å². The van der Waals surface area contributed by atoms with Crippen LogP contribution < -0.4 is 10.0 Å². The minimum absolute atomic E-state index is 0.147. The molecule has 0 spiro atoms. The fourth-order valence-electron chi connectivity index (χ4n) is 2.49. The maximum absolute atomic E-state index is 12.7. The maximum atomic E-state index is 12.7. The molecule has 1 atom stereocenters. The average Bonchev–Trinajstić information content (AvgIpc) is 2.47. The maximum Gasteiger partial charge on any atom is 0.186 e. The van der Waals surface area contributed by atoms with Gasteiger partial charge in [-0.1, -0.05) is 38.1 Å². The van der Waals surface area contributed by atoms with E-state index < -0.39 is 0 Å². The Kier molecular flexibility index (Phi) is 5.96. The molecule has 0 N–H and O–H groups in total. The topological polar surface area (TPSA) is 26.3 Å². The van der Waals surface area contributed by atoms with E-state index in [2.05, 4.69) is 13.8 Å². The molecule has 0 fully saturated rings. The number of aryl methyl sites for hydroxylation is 3. The van der Waals surface area contributed by atoms with Gasteiger partial charge in [0.15, 0.2) is 5.52 Å². The van der Waals surface area contributed by atoms with Crippen molar-refractivity contribution in [3.63, 3.8) is 0 Å². The third kappa shape index (κ3) is 4.65. The smallest absolute Gasteiger partial charge is 0.186 e. The van der Waals surface area contributed by atoms with Crippen molar-refractivity contribution < 1.29 is 9.53 Å². The van der Waals surface area contributed by atoms with Gasteiger partial charge in [0.05, 0.1) is 6.61 Å². The third-order valence-electron chi connectivity index (χ3n) is 3.74. The van der Waals surface area contributed by atoms with Crippen LogP contribution in [0.15, 0.2) is 36.4 Å². The Morgan fingerprint density at radius 2 is 1.70 bits per heavy atom. The molecule has 0 saturated carbocycles. The molecule has 0 aliphatic rings. The number of benzene rings is 2. The normalized spacial score (nSPS) is 11.4. The van der Waals surface area contributed by atoms with E-state index >= 15 is 0 Å². The minimum Gasteiger partial charge on any atom is -0.493 e. The Bertz CT molecular complexity index is 685. The summed E-state index contributed by atoms with van der Waals surface area (Å²) in [6.07, 6.45) is 0. The quantitative estimate of drug-likeness (QED) is 0.713. The summed E-state index contributed by atoms with van der Waals surface area (Å²) in [5, 5.41) is 1.09. The molecule has 3 heteroatoms. The lowest BCUT2D eigenvalue weighted by Gasteiger charge is -2.13. The number of carbonyl (C=O) groups excluding carboxylic acids is 1. The molecule has 0 amide bonds. The molecule has 2 rings (SSSR count). The van der Waals surface area contributed by atoms with Crippen LogP contribution in [-0.4, -0.2) is 12.1 Å². The Labute approximate surface area is 141 Å². The second-order valence-corrected chi connectivity index (χ2v) is 7.65. The van der Waals surface area contributed by atoms with Gasteiger partial charge in [-0.2, -0.15) is 0 Å². The molecule has 122 valence electrons. The summed E-state index contributed by atoms with van der Waals surface area (Å²) in [4.78, 5) is 12.7. The van der Waals surface area contributed by atoms with E-state index in [1.165, 1.54) is 0 Å². The molecule has 0 aliphatic heterocycles. The Morgan fingerprint density at radius 1 is 1.04 bits per heavy atom. The first-order chi connectivity index (χ1) is 10.9. The summed E-state index contributed by atoms with van der Waals surface area (Å²) in [7, 11) is 0.147. The molecule has 2 aromatic carbocycles. The molecule has 0 heterocycles. The van der Waals surface area contributed by atoms with Gasteiger partial charge in [-0.3, -0.25) is 4.79 Å². The number of carbonyl (C=O) groups is 1. The van der Waals surface area contributed by atoms with Crippen LogP contribution in [0, 0.1) is 26.7 Å². The zero-order chi connectivity index (χ0) is 17.0.